The Kier molecular flexibility index (Phi) is 3.61. The van der Waals surface area contributed by atoms with Gasteiger partial charge < -0.3 is 0 Å². The molecule has 1 unspecified atom stereocenters. The molecular weight excluding hydrogens is 255 g/mol. The average Bonchev–Trinajstić information content (AvgIpc) is 3.13. The standard InChI is InChI=1S/C14H12F3NO/c15-14(16,17)11-3-1-2-10(7-11)12(8-18)13(19)6-9-4-5-9/h1-3,7,9,12H,4-6H2. The number of rotatable bonds is 4. The molecule has 0 saturated heterocycles. The lowest BCUT2D eigenvalue weighted by Crippen LogP contribution is -2.13. The van der Waals surface area contributed by atoms with Crippen molar-refractivity contribution in [1.82, 2.24) is 0 Å². The molecule has 0 amide bonds. The third-order valence-electron chi connectivity index (χ3n) is 3.19. The summed E-state index contributed by atoms with van der Waals surface area (Å²) in [6.45, 7) is 0. The normalized spacial score (nSPS) is 16.7. The Morgan fingerprint density at radius 2 is 2.11 bits per heavy atom. The molecule has 0 aliphatic heterocycles. The number of benzene rings is 1. The van der Waals surface area contributed by atoms with Crippen molar-refractivity contribution in [3.05, 3.63) is 35.4 Å². The van der Waals surface area contributed by atoms with Crippen molar-refractivity contribution in [2.24, 2.45) is 5.92 Å². The van der Waals surface area contributed by atoms with Gasteiger partial charge in [0.1, 0.15) is 5.92 Å². The lowest BCUT2D eigenvalue weighted by Gasteiger charge is -2.11. The number of Topliss-reactive ketones (excluding diaryl/α,β-unsaturated/α-hetero) is 1. The summed E-state index contributed by atoms with van der Waals surface area (Å²) >= 11 is 0. The van der Waals surface area contributed by atoms with E-state index in [1.165, 1.54) is 12.1 Å². The monoisotopic (exact) mass is 267 g/mol. The van der Waals surface area contributed by atoms with Gasteiger partial charge in [0.15, 0.2) is 5.78 Å². The van der Waals surface area contributed by atoms with Gasteiger partial charge in [0.25, 0.3) is 0 Å². The number of nitrogens with zero attached hydrogens (tertiary/aromatic N) is 1. The molecule has 2 nitrogen and oxygen atoms in total. The van der Waals surface area contributed by atoms with Gasteiger partial charge in [-0.2, -0.15) is 18.4 Å². The van der Waals surface area contributed by atoms with Gasteiger partial charge >= 0.3 is 6.18 Å². The molecule has 0 radical (unpaired) electrons. The van der Waals surface area contributed by atoms with Crippen molar-refractivity contribution in [2.75, 3.05) is 0 Å². The second-order valence-electron chi connectivity index (χ2n) is 4.80. The summed E-state index contributed by atoms with van der Waals surface area (Å²) in [7, 11) is 0. The number of carbonyl (C=O) groups is 1. The summed E-state index contributed by atoms with van der Waals surface area (Å²) in [4.78, 5) is 11.9. The topological polar surface area (TPSA) is 40.9 Å². The number of ketones is 1. The molecule has 2 rings (SSSR count). The van der Waals surface area contributed by atoms with Gasteiger partial charge in [-0.3, -0.25) is 4.79 Å². The smallest absolute Gasteiger partial charge is 0.298 e. The van der Waals surface area contributed by atoms with Crippen LogP contribution in [-0.2, 0) is 11.0 Å². The SMILES string of the molecule is N#CC(C(=O)CC1CC1)c1cccc(C(F)(F)F)c1. The summed E-state index contributed by atoms with van der Waals surface area (Å²) < 4.78 is 37.8. The summed E-state index contributed by atoms with van der Waals surface area (Å²) in [6.07, 6.45) is -2.25. The molecule has 1 aromatic rings. The summed E-state index contributed by atoms with van der Waals surface area (Å²) in [6, 6.07) is 6.26. The van der Waals surface area contributed by atoms with E-state index in [0.717, 1.165) is 25.0 Å². The zero-order chi connectivity index (χ0) is 14.0. The molecule has 0 heterocycles. The van der Waals surface area contributed by atoms with E-state index in [0.29, 0.717) is 5.92 Å². The van der Waals surface area contributed by atoms with E-state index in [1.54, 1.807) is 0 Å². The fraction of sp³-hybridized carbons (Fsp3) is 0.429. The molecule has 19 heavy (non-hydrogen) atoms. The number of halogens is 3. The van der Waals surface area contributed by atoms with Gasteiger partial charge in [-0.05, 0) is 30.4 Å². The predicted molar refractivity (Wildman–Crippen MR) is 62.1 cm³/mol. The number of carbonyl (C=O) groups excluding carboxylic acids is 1. The Balaban J connectivity index is 2.23. The quantitative estimate of drug-likeness (QED) is 0.834. The van der Waals surface area contributed by atoms with Crippen LogP contribution in [0, 0.1) is 17.2 Å². The van der Waals surface area contributed by atoms with Crippen molar-refractivity contribution >= 4 is 5.78 Å². The van der Waals surface area contributed by atoms with E-state index in [9.17, 15) is 18.0 Å². The van der Waals surface area contributed by atoms with Crippen molar-refractivity contribution in [1.29, 1.82) is 5.26 Å². The van der Waals surface area contributed by atoms with Crippen LogP contribution in [0.3, 0.4) is 0 Å². The van der Waals surface area contributed by atoms with Gasteiger partial charge in [-0.25, -0.2) is 0 Å². The van der Waals surface area contributed by atoms with Crippen LogP contribution in [0.2, 0.25) is 0 Å². The van der Waals surface area contributed by atoms with Crippen LogP contribution in [-0.4, -0.2) is 5.78 Å². The molecule has 1 fully saturated rings. The Morgan fingerprint density at radius 3 is 2.63 bits per heavy atom. The molecule has 1 atom stereocenters. The molecule has 0 bridgehead atoms. The number of alkyl halides is 3. The molecule has 1 saturated carbocycles. The highest BCUT2D eigenvalue weighted by Crippen LogP contribution is 2.36. The molecule has 0 aromatic heterocycles. The minimum Gasteiger partial charge on any atom is -0.298 e. The van der Waals surface area contributed by atoms with E-state index in [-0.39, 0.29) is 17.8 Å². The van der Waals surface area contributed by atoms with Gasteiger partial charge in [0.05, 0.1) is 11.6 Å². The van der Waals surface area contributed by atoms with Crippen LogP contribution >= 0.6 is 0 Å². The molecule has 1 aliphatic carbocycles. The highest BCUT2D eigenvalue weighted by atomic mass is 19.4. The van der Waals surface area contributed by atoms with Gasteiger partial charge in [0, 0.05) is 6.42 Å². The maximum absolute atomic E-state index is 12.6. The van der Waals surface area contributed by atoms with Crippen molar-refractivity contribution in [3.63, 3.8) is 0 Å². The first-order chi connectivity index (χ1) is 8.91. The second-order valence-corrected chi connectivity index (χ2v) is 4.80. The fourth-order valence-electron chi connectivity index (χ4n) is 1.95. The number of nitriles is 1. The maximum Gasteiger partial charge on any atom is 0.416 e. The first-order valence-electron chi connectivity index (χ1n) is 6.01. The first kappa shape index (κ1) is 13.6. The Labute approximate surface area is 108 Å². The molecule has 1 aliphatic rings. The van der Waals surface area contributed by atoms with Gasteiger partial charge in [-0.15, -0.1) is 0 Å². The largest absolute Gasteiger partial charge is 0.416 e. The summed E-state index contributed by atoms with van der Waals surface area (Å²) in [5.41, 5.74) is -0.701. The Bertz CT molecular complexity index is 526. The lowest BCUT2D eigenvalue weighted by atomic mass is 9.92. The van der Waals surface area contributed by atoms with E-state index in [2.05, 4.69) is 0 Å². The molecule has 5 heteroatoms. The van der Waals surface area contributed by atoms with Crippen LogP contribution in [0.25, 0.3) is 0 Å². The van der Waals surface area contributed by atoms with Crippen LogP contribution in [0.1, 0.15) is 36.3 Å². The van der Waals surface area contributed by atoms with Crippen LogP contribution in [0.5, 0.6) is 0 Å². The van der Waals surface area contributed by atoms with Crippen molar-refractivity contribution in [3.8, 4) is 6.07 Å². The highest BCUT2D eigenvalue weighted by Gasteiger charge is 2.33. The molecule has 1 aromatic carbocycles. The second kappa shape index (κ2) is 5.04. The van der Waals surface area contributed by atoms with Gasteiger partial charge in [-0.1, -0.05) is 18.2 Å². The first-order valence-corrected chi connectivity index (χ1v) is 6.01. The third kappa shape index (κ3) is 3.34. The lowest BCUT2D eigenvalue weighted by molar-refractivity contribution is -0.137. The minimum atomic E-state index is -4.46. The Morgan fingerprint density at radius 1 is 1.42 bits per heavy atom. The zero-order valence-electron chi connectivity index (χ0n) is 10.1. The van der Waals surface area contributed by atoms with E-state index < -0.39 is 17.7 Å². The number of hydrogen-bond donors (Lipinski definition) is 0. The predicted octanol–water partition coefficient (Wildman–Crippen LogP) is 3.68. The third-order valence-corrected chi connectivity index (χ3v) is 3.19. The van der Waals surface area contributed by atoms with E-state index in [1.807, 2.05) is 6.07 Å². The maximum atomic E-state index is 12.6. The van der Waals surface area contributed by atoms with Crippen LogP contribution in [0.4, 0.5) is 13.2 Å². The molecular formula is C14H12F3NO. The summed E-state index contributed by atoms with van der Waals surface area (Å²) in [5, 5.41) is 9.02. The summed E-state index contributed by atoms with van der Waals surface area (Å²) in [5.74, 6) is -1.07. The van der Waals surface area contributed by atoms with Crippen LogP contribution in [0.15, 0.2) is 24.3 Å². The average molecular weight is 267 g/mol. The van der Waals surface area contributed by atoms with Crippen molar-refractivity contribution < 1.29 is 18.0 Å². The molecule has 100 valence electrons. The van der Waals surface area contributed by atoms with E-state index >= 15 is 0 Å². The molecule has 0 spiro atoms. The molecule has 0 N–H and O–H groups in total. The number of hydrogen-bond acceptors (Lipinski definition) is 2. The van der Waals surface area contributed by atoms with E-state index in [4.69, 9.17) is 5.26 Å². The Hall–Kier alpha value is -1.83. The fourth-order valence-corrected chi connectivity index (χ4v) is 1.95. The van der Waals surface area contributed by atoms with Crippen molar-refractivity contribution in [2.45, 2.75) is 31.4 Å². The highest BCUT2D eigenvalue weighted by molar-refractivity contribution is 5.88. The van der Waals surface area contributed by atoms with Gasteiger partial charge in [0.2, 0.25) is 0 Å². The minimum absolute atomic E-state index is 0.128. The van der Waals surface area contributed by atoms with Crippen LogP contribution < -0.4 is 0 Å². The zero-order valence-corrected chi connectivity index (χ0v) is 10.1.